The van der Waals surface area contributed by atoms with Gasteiger partial charge in [-0.15, -0.1) is 12.4 Å². The highest BCUT2D eigenvalue weighted by Crippen LogP contribution is 2.28. The summed E-state index contributed by atoms with van der Waals surface area (Å²) in [4.78, 5) is 0. The van der Waals surface area contributed by atoms with E-state index in [-0.39, 0.29) is 18.2 Å². The maximum atomic E-state index is 12.8. The van der Waals surface area contributed by atoms with Crippen LogP contribution in [0.15, 0.2) is 42.5 Å². The van der Waals surface area contributed by atoms with Gasteiger partial charge in [0.2, 0.25) is 0 Å². The predicted octanol–water partition coefficient (Wildman–Crippen LogP) is 4.52. The Morgan fingerprint density at radius 3 is 2.47 bits per heavy atom. The molecule has 0 aliphatic heterocycles. The summed E-state index contributed by atoms with van der Waals surface area (Å²) in [6.45, 7) is 0.596. The average molecular weight is 302 g/mol. The molecule has 0 aromatic heterocycles. The lowest BCUT2D eigenvalue weighted by Crippen LogP contribution is -2.01. The molecule has 0 atom stereocenters. The first kappa shape index (κ1) is 15.6. The van der Waals surface area contributed by atoms with E-state index in [0.29, 0.717) is 17.3 Å². The summed E-state index contributed by atoms with van der Waals surface area (Å²) in [5, 5.41) is 3.85. The van der Waals surface area contributed by atoms with Gasteiger partial charge in [-0.05, 0) is 29.8 Å². The first-order chi connectivity index (χ1) is 8.69. The molecule has 0 saturated heterocycles. The molecule has 2 aromatic rings. The van der Waals surface area contributed by atoms with E-state index in [0.717, 1.165) is 11.3 Å². The SMILES string of the molecule is COc1cc(Cl)ccc1NCc1ccc(F)cc1.Cl. The third kappa shape index (κ3) is 4.30. The Labute approximate surface area is 123 Å². The van der Waals surface area contributed by atoms with Gasteiger partial charge in [0.05, 0.1) is 12.8 Å². The van der Waals surface area contributed by atoms with Crippen molar-refractivity contribution >= 4 is 29.7 Å². The van der Waals surface area contributed by atoms with Crippen LogP contribution in [-0.2, 0) is 6.54 Å². The molecule has 2 aromatic carbocycles. The first-order valence-corrected chi connectivity index (χ1v) is 5.88. The van der Waals surface area contributed by atoms with Gasteiger partial charge < -0.3 is 10.1 Å². The number of ether oxygens (including phenoxy) is 1. The summed E-state index contributed by atoms with van der Waals surface area (Å²) in [5.74, 6) is 0.451. The number of nitrogens with one attached hydrogen (secondary N) is 1. The molecule has 0 bridgehead atoms. The highest BCUT2D eigenvalue weighted by molar-refractivity contribution is 6.30. The second kappa shape index (κ2) is 7.22. The lowest BCUT2D eigenvalue weighted by atomic mass is 10.2. The van der Waals surface area contributed by atoms with E-state index >= 15 is 0 Å². The Hall–Kier alpha value is -1.45. The van der Waals surface area contributed by atoms with Crippen LogP contribution < -0.4 is 10.1 Å². The molecule has 1 N–H and O–H groups in total. The van der Waals surface area contributed by atoms with E-state index in [9.17, 15) is 4.39 Å². The van der Waals surface area contributed by atoms with Crippen molar-refractivity contribution in [2.75, 3.05) is 12.4 Å². The van der Waals surface area contributed by atoms with Crippen LogP contribution in [0.25, 0.3) is 0 Å². The highest BCUT2D eigenvalue weighted by atomic mass is 35.5. The van der Waals surface area contributed by atoms with Crippen LogP contribution in [0.1, 0.15) is 5.56 Å². The van der Waals surface area contributed by atoms with Gasteiger partial charge in [-0.25, -0.2) is 4.39 Å². The summed E-state index contributed by atoms with van der Waals surface area (Å²) in [5.41, 5.74) is 1.85. The molecule has 19 heavy (non-hydrogen) atoms. The van der Waals surface area contributed by atoms with Gasteiger partial charge in [-0.2, -0.15) is 0 Å². The van der Waals surface area contributed by atoms with E-state index in [1.54, 1.807) is 31.4 Å². The summed E-state index contributed by atoms with van der Waals surface area (Å²) in [6.07, 6.45) is 0. The van der Waals surface area contributed by atoms with Crippen molar-refractivity contribution < 1.29 is 9.13 Å². The Morgan fingerprint density at radius 2 is 1.84 bits per heavy atom. The molecule has 5 heteroatoms. The van der Waals surface area contributed by atoms with Crippen molar-refractivity contribution in [3.05, 3.63) is 58.9 Å². The Bertz CT molecular complexity index is 531. The molecule has 0 spiro atoms. The summed E-state index contributed by atoms with van der Waals surface area (Å²) >= 11 is 5.88. The van der Waals surface area contributed by atoms with E-state index in [4.69, 9.17) is 16.3 Å². The molecular formula is C14H14Cl2FNO. The maximum absolute atomic E-state index is 12.8. The second-order valence-electron chi connectivity index (χ2n) is 3.82. The first-order valence-electron chi connectivity index (χ1n) is 5.51. The van der Waals surface area contributed by atoms with Crippen LogP contribution in [0.3, 0.4) is 0 Å². The number of hydrogen-bond donors (Lipinski definition) is 1. The monoisotopic (exact) mass is 301 g/mol. The van der Waals surface area contributed by atoms with Crippen molar-refractivity contribution in [3.63, 3.8) is 0 Å². The third-order valence-electron chi connectivity index (χ3n) is 2.56. The Morgan fingerprint density at radius 1 is 1.16 bits per heavy atom. The standard InChI is InChI=1S/C14H13ClFNO.ClH/c1-18-14-8-11(15)4-7-13(14)17-9-10-2-5-12(16)6-3-10;/h2-8,17H,9H2,1H3;1H. The molecule has 0 fully saturated rings. The molecule has 0 aliphatic rings. The van der Waals surface area contributed by atoms with Gasteiger partial charge in [-0.1, -0.05) is 23.7 Å². The molecule has 0 unspecified atom stereocenters. The maximum Gasteiger partial charge on any atom is 0.143 e. The summed E-state index contributed by atoms with van der Waals surface area (Å²) in [7, 11) is 1.59. The molecule has 2 rings (SSSR count). The van der Waals surface area contributed by atoms with Crippen LogP contribution >= 0.6 is 24.0 Å². The van der Waals surface area contributed by atoms with Crippen molar-refractivity contribution in [1.29, 1.82) is 0 Å². The number of hydrogen-bond acceptors (Lipinski definition) is 2. The minimum Gasteiger partial charge on any atom is -0.495 e. The third-order valence-corrected chi connectivity index (χ3v) is 2.79. The molecule has 0 radical (unpaired) electrons. The Balaban J connectivity index is 0.00000180. The minimum absolute atomic E-state index is 0. The zero-order valence-electron chi connectivity index (χ0n) is 10.3. The van der Waals surface area contributed by atoms with Gasteiger partial charge in [0.15, 0.2) is 0 Å². The average Bonchev–Trinajstić information content (AvgIpc) is 2.39. The Kier molecular flexibility index (Phi) is 5.93. The zero-order valence-corrected chi connectivity index (χ0v) is 11.9. The number of halogens is 3. The number of methoxy groups -OCH3 is 1. The van der Waals surface area contributed by atoms with Crippen molar-refractivity contribution in [2.24, 2.45) is 0 Å². The van der Waals surface area contributed by atoms with Crippen LogP contribution in [-0.4, -0.2) is 7.11 Å². The normalized spacial score (nSPS) is 9.63. The summed E-state index contributed by atoms with van der Waals surface area (Å²) in [6, 6.07) is 11.7. The predicted molar refractivity (Wildman–Crippen MR) is 79.0 cm³/mol. The topological polar surface area (TPSA) is 21.3 Å². The highest BCUT2D eigenvalue weighted by Gasteiger charge is 2.03. The van der Waals surface area contributed by atoms with E-state index in [1.807, 2.05) is 6.07 Å². The van der Waals surface area contributed by atoms with Gasteiger partial charge in [-0.3, -0.25) is 0 Å². The summed E-state index contributed by atoms with van der Waals surface area (Å²) < 4.78 is 18.0. The fourth-order valence-corrected chi connectivity index (χ4v) is 1.77. The van der Waals surface area contributed by atoms with Crippen molar-refractivity contribution in [3.8, 4) is 5.75 Å². The quantitative estimate of drug-likeness (QED) is 0.896. The van der Waals surface area contributed by atoms with Gasteiger partial charge in [0, 0.05) is 17.6 Å². The van der Waals surface area contributed by atoms with Gasteiger partial charge >= 0.3 is 0 Å². The van der Waals surface area contributed by atoms with Crippen molar-refractivity contribution in [1.82, 2.24) is 0 Å². The number of benzene rings is 2. The minimum atomic E-state index is -0.233. The lowest BCUT2D eigenvalue weighted by molar-refractivity contribution is 0.416. The molecule has 0 heterocycles. The largest absolute Gasteiger partial charge is 0.495 e. The molecule has 2 nitrogen and oxygen atoms in total. The lowest BCUT2D eigenvalue weighted by Gasteiger charge is -2.11. The van der Waals surface area contributed by atoms with E-state index in [2.05, 4.69) is 5.32 Å². The molecule has 0 aliphatic carbocycles. The molecular weight excluding hydrogens is 288 g/mol. The number of rotatable bonds is 4. The van der Waals surface area contributed by atoms with Crippen LogP contribution in [0, 0.1) is 5.82 Å². The molecule has 0 saturated carbocycles. The van der Waals surface area contributed by atoms with Gasteiger partial charge in [0.25, 0.3) is 0 Å². The smallest absolute Gasteiger partial charge is 0.143 e. The fraction of sp³-hybridized carbons (Fsp3) is 0.143. The van der Waals surface area contributed by atoms with Crippen LogP contribution in [0.5, 0.6) is 5.75 Å². The van der Waals surface area contributed by atoms with Crippen LogP contribution in [0.4, 0.5) is 10.1 Å². The van der Waals surface area contributed by atoms with Crippen molar-refractivity contribution in [2.45, 2.75) is 6.54 Å². The van der Waals surface area contributed by atoms with Gasteiger partial charge in [0.1, 0.15) is 11.6 Å². The zero-order chi connectivity index (χ0) is 13.0. The fourth-order valence-electron chi connectivity index (χ4n) is 1.61. The van der Waals surface area contributed by atoms with E-state index in [1.165, 1.54) is 12.1 Å². The second-order valence-corrected chi connectivity index (χ2v) is 4.26. The molecule has 102 valence electrons. The van der Waals surface area contributed by atoms with Crippen LogP contribution in [0.2, 0.25) is 5.02 Å². The van der Waals surface area contributed by atoms with E-state index < -0.39 is 0 Å². The number of anilines is 1. The molecule has 0 amide bonds.